The molecule has 1 aromatic carbocycles. The van der Waals surface area contributed by atoms with Crippen LogP contribution in [-0.4, -0.2) is 31.1 Å². The zero-order valence-corrected chi connectivity index (χ0v) is 11.3. The van der Waals surface area contributed by atoms with E-state index in [1.165, 1.54) is 5.56 Å². The molecule has 0 bridgehead atoms. The van der Waals surface area contributed by atoms with Crippen molar-refractivity contribution in [3.63, 3.8) is 0 Å². The Morgan fingerprint density at radius 1 is 1.37 bits per heavy atom. The number of para-hydroxylation sites is 1. The predicted molar refractivity (Wildman–Crippen MR) is 74.2 cm³/mol. The first-order valence-electron chi connectivity index (χ1n) is 6.57. The molecule has 0 saturated heterocycles. The van der Waals surface area contributed by atoms with E-state index in [2.05, 4.69) is 10.6 Å². The first-order valence-corrected chi connectivity index (χ1v) is 6.57. The third-order valence-electron chi connectivity index (χ3n) is 3.21. The number of nitrogens with one attached hydrogen (secondary N) is 2. The fraction of sp³-hybridized carbons (Fsp3) is 0.429. The number of carbonyl (C=O) groups is 2. The molecule has 0 saturated carbocycles. The van der Waals surface area contributed by atoms with Crippen LogP contribution in [0, 0.1) is 0 Å². The molecule has 1 heterocycles. The van der Waals surface area contributed by atoms with E-state index in [0.29, 0.717) is 13.1 Å². The van der Waals surface area contributed by atoms with Gasteiger partial charge in [0, 0.05) is 18.8 Å². The van der Waals surface area contributed by atoms with Gasteiger partial charge in [0.25, 0.3) is 0 Å². The summed E-state index contributed by atoms with van der Waals surface area (Å²) in [6, 6.07) is 7.03. The van der Waals surface area contributed by atoms with Crippen molar-refractivity contribution < 1.29 is 9.59 Å². The van der Waals surface area contributed by atoms with Gasteiger partial charge in [0.2, 0.25) is 5.91 Å². The molecular formula is C14H19N3O2. The van der Waals surface area contributed by atoms with Crippen LogP contribution in [0.5, 0.6) is 0 Å². The van der Waals surface area contributed by atoms with E-state index < -0.39 is 6.04 Å². The highest BCUT2D eigenvalue weighted by atomic mass is 16.2. The highest BCUT2D eigenvalue weighted by Gasteiger charge is 2.28. The first kappa shape index (κ1) is 13.4. The number of amides is 3. The SMILES string of the molecule is CCNC(=O)NC(C)C(=O)N1CCc2ccccc21. The van der Waals surface area contributed by atoms with Crippen LogP contribution in [0.15, 0.2) is 24.3 Å². The summed E-state index contributed by atoms with van der Waals surface area (Å²) >= 11 is 0. The number of urea groups is 1. The van der Waals surface area contributed by atoms with Crippen LogP contribution in [0.4, 0.5) is 10.5 Å². The molecule has 1 aliphatic heterocycles. The number of benzene rings is 1. The number of fused-ring (bicyclic) bond motifs is 1. The number of carbonyl (C=O) groups excluding carboxylic acids is 2. The van der Waals surface area contributed by atoms with Crippen molar-refractivity contribution in [3.05, 3.63) is 29.8 Å². The van der Waals surface area contributed by atoms with Crippen molar-refractivity contribution >= 4 is 17.6 Å². The van der Waals surface area contributed by atoms with Gasteiger partial charge >= 0.3 is 6.03 Å². The number of hydrogen-bond donors (Lipinski definition) is 2. The summed E-state index contributed by atoms with van der Waals surface area (Å²) < 4.78 is 0. The summed E-state index contributed by atoms with van der Waals surface area (Å²) in [6.07, 6.45) is 0.871. The van der Waals surface area contributed by atoms with Crippen molar-refractivity contribution in [1.29, 1.82) is 0 Å². The topological polar surface area (TPSA) is 61.4 Å². The molecular weight excluding hydrogens is 242 g/mol. The van der Waals surface area contributed by atoms with E-state index in [0.717, 1.165) is 12.1 Å². The van der Waals surface area contributed by atoms with Gasteiger partial charge in [0.05, 0.1) is 0 Å². The van der Waals surface area contributed by atoms with Crippen LogP contribution in [-0.2, 0) is 11.2 Å². The lowest BCUT2D eigenvalue weighted by Crippen LogP contribution is -2.49. The van der Waals surface area contributed by atoms with Gasteiger partial charge in [-0.1, -0.05) is 18.2 Å². The largest absolute Gasteiger partial charge is 0.338 e. The predicted octanol–water partition coefficient (Wildman–Crippen LogP) is 1.28. The Kier molecular flexibility index (Phi) is 4.04. The Morgan fingerprint density at radius 2 is 2.11 bits per heavy atom. The molecule has 2 N–H and O–H groups in total. The van der Waals surface area contributed by atoms with Gasteiger partial charge < -0.3 is 15.5 Å². The molecule has 0 aromatic heterocycles. The summed E-state index contributed by atoms with van der Waals surface area (Å²) in [5.74, 6) is -0.0730. The van der Waals surface area contributed by atoms with Gasteiger partial charge in [-0.3, -0.25) is 4.79 Å². The Bertz CT molecular complexity index is 487. The Morgan fingerprint density at radius 3 is 2.84 bits per heavy atom. The molecule has 1 aromatic rings. The van der Waals surface area contributed by atoms with Crippen LogP contribution < -0.4 is 15.5 Å². The Balaban J connectivity index is 2.03. The Labute approximate surface area is 113 Å². The molecule has 0 aliphatic carbocycles. The van der Waals surface area contributed by atoms with E-state index in [-0.39, 0.29) is 11.9 Å². The van der Waals surface area contributed by atoms with Gasteiger partial charge in [-0.25, -0.2) is 4.79 Å². The lowest BCUT2D eigenvalue weighted by molar-refractivity contribution is -0.119. The van der Waals surface area contributed by atoms with Crippen LogP contribution in [0.3, 0.4) is 0 Å². The van der Waals surface area contributed by atoms with Gasteiger partial charge in [-0.05, 0) is 31.9 Å². The second-order valence-corrected chi connectivity index (χ2v) is 4.59. The molecule has 0 fully saturated rings. The summed E-state index contributed by atoms with van der Waals surface area (Å²) in [4.78, 5) is 25.5. The standard InChI is InChI=1S/C14H19N3O2/c1-3-15-14(19)16-10(2)13(18)17-9-8-11-6-4-5-7-12(11)17/h4-7,10H,3,8-9H2,1-2H3,(H2,15,16,19). The molecule has 0 spiro atoms. The van der Waals surface area contributed by atoms with Gasteiger partial charge in [0.1, 0.15) is 6.04 Å². The number of hydrogen-bond acceptors (Lipinski definition) is 2. The molecule has 5 nitrogen and oxygen atoms in total. The monoisotopic (exact) mass is 261 g/mol. The number of nitrogens with zero attached hydrogens (tertiary/aromatic N) is 1. The van der Waals surface area contributed by atoms with Crippen LogP contribution in [0.1, 0.15) is 19.4 Å². The molecule has 1 atom stereocenters. The molecule has 2 rings (SSSR count). The maximum atomic E-state index is 12.3. The van der Waals surface area contributed by atoms with Crippen molar-refractivity contribution in [2.24, 2.45) is 0 Å². The lowest BCUT2D eigenvalue weighted by atomic mass is 10.2. The zero-order valence-electron chi connectivity index (χ0n) is 11.3. The van der Waals surface area contributed by atoms with Crippen molar-refractivity contribution in [2.75, 3.05) is 18.0 Å². The van der Waals surface area contributed by atoms with E-state index in [1.54, 1.807) is 11.8 Å². The van der Waals surface area contributed by atoms with E-state index in [1.807, 2.05) is 31.2 Å². The van der Waals surface area contributed by atoms with Gasteiger partial charge in [0.15, 0.2) is 0 Å². The third-order valence-corrected chi connectivity index (χ3v) is 3.21. The smallest absolute Gasteiger partial charge is 0.315 e. The van der Waals surface area contributed by atoms with Crippen molar-refractivity contribution in [3.8, 4) is 0 Å². The molecule has 5 heteroatoms. The van der Waals surface area contributed by atoms with Crippen molar-refractivity contribution in [1.82, 2.24) is 10.6 Å². The minimum Gasteiger partial charge on any atom is -0.338 e. The zero-order chi connectivity index (χ0) is 13.8. The lowest BCUT2D eigenvalue weighted by Gasteiger charge is -2.22. The molecule has 1 aliphatic rings. The Hall–Kier alpha value is -2.04. The second-order valence-electron chi connectivity index (χ2n) is 4.59. The third kappa shape index (κ3) is 2.86. The maximum Gasteiger partial charge on any atom is 0.315 e. The molecule has 3 amide bonds. The molecule has 102 valence electrons. The quantitative estimate of drug-likeness (QED) is 0.861. The molecule has 19 heavy (non-hydrogen) atoms. The van der Waals surface area contributed by atoms with E-state index >= 15 is 0 Å². The van der Waals surface area contributed by atoms with Gasteiger partial charge in [-0.15, -0.1) is 0 Å². The number of rotatable bonds is 3. The summed E-state index contributed by atoms with van der Waals surface area (Å²) in [6.45, 7) is 4.76. The second kappa shape index (κ2) is 5.73. The van der Waals surface area contributed by atoms with Crippen LogP contribution >= 0.6 is 0 Å². The average Bonchev–Trinajstić information content (AvgIpc) is 2.81. The van der Waals surface area contributed by atoms with Crippen molar-refractivity contribution in [2.45, 2.75) is 26.3 Å². The normalized spacial score (nSPS) is 14.7. The molecule has 0 radical (unpaired) electrons. The highest BCUT2D eigenvalue weighted by Crippen LogP contribution is 2.27. The number of anilines is 1. The van der Waals surface area contributed by atoms with Crippen LogP contribution in [0.2, 0.25) is 0 Å². The summed E-state index contributed by atoms with van der Waals surface area (Å²) in [7, 11) is 0. The minimum atomic E-state index is -0.530. The minimum absolute atomic E-state index is 0.0730. The van der Waals surface area contributed by atoms with E-state index in [9.17, 15) is 9.59 Å². The van der Waals surface area contributed by atoms with E-state index in [4.69, 9.17) is 0 Å². The fourth-order valence-electron chi connectivity index (χ4n) is 2.27. The first-order chi connectivity index (χ1) is 9.13. The van der Waals surface area contributed by atoms with Crippen LogP contribution in [0.25, 0.3) is 0 Å². The summed E-state index contributed by atoms with van der Waals surface area (Å²) in [5, 5.41) is 5.27. The van der Waals surface area contributed by atoms with Gasteiger partial charge in [-0.2, -0.15) is 0 Å². The molecule has 1 unspecified atom stereocenters. The fourth-order valence-corrected chi connectivity index (χ4v) is 2.27. The highest BCUT2D eigenvalue weighted by molar-refractivity contribution is 6.00. The average molecular weight is 261 g/mol. The summed E-state index contributed by atoms with van der Waals surface area (Å²) in [5.41, 5.74) is 2.14. The maximum absolute atomic E-state index is 12.3.